The molecule has 0 radical (unpaired) electrons. The zero-order chi connectivity index (χ0) is 13.2. The summed E-state index contributed by atoms with van der Waals surface area (Å²) in [6.07, 6.45) is 1.43. The van der Waals surface area contributed by atoms with Crippen LogP contribution in [0, 0.1) is 5.41 Å². The number of nitrogen functional groups attached to an aromatic ring is 1. The number of hydrogen-bond donors (Lipinski definition) is 3. The summed E-state index contributed by atoms with van der Waals surface area (Å²) in [5.41, 5.74) is 7.07. The molecule has 7 heteroatoms. The van der Waals surface area contributed by atoms with E-state index in [-0.39, 0.29) is 5.84 Å². The fraction of sp³-hybridized carbons (Fsp3) is 0. The maximum atomic E-state index is 7.66. The lowest BCUT2D eigenvalue weighted by Gasteiger charge is -2.07. The molecule has 4 N–H and O–H groups in total. The summed E-state index contributed by atoms with van der Waals surface area (Å²) in [6, 6.07) is 9.58. The topological polar surface area (TPSA) is 104 Å². The SMILES string of the molecule is N=C(N)c1cc2ccccc2nc1Sc1ncn[nH]1. The molecule has 0 saturated heterocycles. The molecular weight excluding hydrogens is 260 g/mol. The van der Waals surface area contributed by atoms with Gasteiger partial charge in [0.05, 0.1) is 5.52 Å². The van der Waals surface area contributed by atoms with E-state index in [1.165, 1.54) is 18.1 Å². The number of aromatic amines is 1. The Morgan fingerprint density at radius 1 is 1.32 bits per heavy atom. The Hall–Kier alpha value is -2.41. The molecule has 0 aliphatic rings. The smallest absolute Gasteiger partial charge is 0.189 e. The van der Waals surface area contributed by atoms with Crippen molar-refractivity contribution >= 4 is 28.5 Å². The van der Waals surface area contributed by atoms with E-state index >= 15 is 0 Å². The second kappa shape index (κ2) is 4.69. The van der Waals surface area contributed by atoms with Crippen molar-refractivity contribution in [2.24, 2.45) is 5.73 Å². The fourth-order valence-electron chi connectivity index (χ4n) is 1.70. The second-order valence-corrected chi connectivity index (χ2v) is 4.82. The molecule has 0 aliphatic carbocycles. The van der Waals surface area contributed by atoms with E-state index in [2.05, 4.69) is 20.2 Å². The van der Waals surface area contributed by atoms with Crippen molar-refractivity contribution in [2.75, 3.05) is 0 Å². The summed E-state index contributed by atoms with van der Waals surface area (Å²) in [6.45, 7) is 0. The van der Waals surface area contributed by atoms with Gasteiger partial charge in [-0.1, -0.05) is 18.2 Å². The van der Waals surface area contributed by atoms with Gasteiger partial charge in [-0.15, -0.1) is 0 Å². The lowest BCUT2D eigenvalue weighted by atomic mass is 10.1. The number of nitrogens with one attached hydrogen (secondary N) is 2. The van der Waals surface area contributed by atoms with Crippen LogP contribution in [-0.2, 0) is 0 Å². The van der Waals surface area contributed by atoms with E-state index in [0.29, 0.717) is 15.7 Å². The summed E-state index contributed by atoms with van der Waals surface area (Å²) in [5, 5.41) is 16.4. The summed E-state index contributed by atoms with van der Waals surface area (Å²) in [4.78, 5) is 8.56. The van der Waals surface area contributed by atoms with Crippen molar-refractivity contribution in [3.63, 3.8) is 0 Å². The largest absolute Gasteiger partial charge is 0.384 e. The van der Waals surface area contributed by atoms with Crippen LogP contribution in [0.15, 0.2) is 46.8 Å². The van der Waals surface area contributed by atoms with E-state index in [1.807, 2.05) is 30.3 Å². The standard InChI is InChI=1S/C12H10N6S/c13-10(14)8-5-7-3-1-2-4-9(7)17-11(8)19-12-15-6-16-18-12/h1-6H,(H3,13,14)(H,15,16,18). The van der Waals surface area contributed by atoms with Crippen LogP contribution in [0.3, 0.4) is 0 Å². The maximum Gasteiger partial charge on any atom is 0.189 e. The minimum Gasteiger partial charge on any atom is -0.384 e. The Bertz CT molecular complexity index is 737. The zero-order valence-electron chi connectivity index (χ0n) is 9.79. The highest BCUT2D eigenvalue weighted by Crippen LogP contribution is 2.28. The number of aromatic nitrogens is 4. The Morgan fingerprint density at radius 2 is 2.16 bits per heavy atom. The van der Waals surface area contributed by atoms with Gasteiger partial charge in [0.25, 0.3) is 0 Å². The van der Waals surface area contributed by atoms with E-state index in [9.17, 15) is 0 Å². The van der Waals surface area contributed by atoms with Crippen molar-refractivity contribution in [3.05, 3.63) is 42.2 Å². The minimum absolute atomic E-state index is 0.0136. The predicted octanol–water partition coefficient (Wildman–Crippen LogP) is 1.79. The lowest BCUT2D eigenvalue weighted by molar-refractivity contribution is 0.968. The Morgan fingerprint density at radius 3 is 2.89 bits per heavy atom. The first-order valence-electron chi connectivity index (χ1n) is 5.51. The first-order chi connectivity index (χ1) is 9.24. The monoisotopic (exact) mass is 270 g/mol. The van der Waals surface area contributed by atoms with Gasteiger partial charge in [-0.25, -0.2) is 9.97 Å². The van der Waals surface area contributed by atoms with Crippen LogP contribution in [0.25, 0.3) is 10.9 Å². The number of H-pyrrole nitrogens is 1. The lowest BCUT2D eigenvalue weighted by Crippen LogP contribution is -2.13. The molecule has 0 atom stereocenters. The van der Waals surface area contributed by atoms with Crippen molar-refractivity contribution in [3.8, 4) is 0 Å². The molecule has 0 amide bonds. The summed E-state index contributed by atoms with van der Waals surface area (Å²) < 4.78 is 0. The Balaban J connectivity index is 2.15. The highest BCUT2D eigenvalue weighted by molar-refractivity contribution is 7.99. The normalized spacial score (nSPS) is 10.7. The molecule has 1 aromatic carbocycles. The van der Waals surface area contributed by atoms with Gasteiger partial charge in [0, 0.05) is 10.9 Å². The molecule has 2 heterocycles. The summed E-state index contributed by atoms with van der Waals surface area (Å²) >= 11 is 1.30. The molecule has 3 rings (SSSR count). The van der Waals surface area contributed by atoms with Gasteiger partial charge in [0.1, 0.15) is 17.2 Å². The average molecular weight is 270 g/mol. The summed E-state index contributed by atoms with van der Waals surface area (Å²) in [5.74, 6) is -0.0136. The van der Waals surface area contributed by atoms with E-state index in [4.69, 9.17) is 11.1 Å². The molecule has 0 fully saturated rings. The third-order valence-corrected chi connectivity index (χ3v) is 3.46. The first-order valence-corrected chi connectivity index (χ1v) is 6.33. The number of rotatable bonds is 3. The van der Waals surface area contributed by atoms with Crippen LogP contribution in [0.2, 0.25) is 0 Å². The average Bonchev–Trinajstić information content (AvgIpc) is 2.90. The number of pyridine rings is 1. The van der Waals surface area contributed by atoms with Crippen LogP contribution >= 0.6 is 11.8 Å². The second-order valence-electron chi connectivity index (χ2n) is 3.84. The van der Waals surface area contributed by atoms with Crippen molar-refractivity contribution in [1.29, 1.82) is 5.41 Å². The van der Waals surface area contributed by atoms with Gasteiger partial charge >= 0.3 is 0 Å². The van der Waals surface area contributed by atoms with Gasteiger partial charge in [0.2, 0.25) is 0 Å². The molecule has 0 aliphatic heterocycles. The molecule has 3 aromatic rings. The van der Waals surface area contributed by atoms with Gasteiger partial charge in [0.15, 0.2) is 5.16 Å². The van der Waals surface area contributed by atoms with Crippen molar-refractivity contribution in [1.82, 2.24) is 20.2 Å². The number of benzene rings is 1. The quantitative estimate of drug-likeness (QED) is 0.497. The number of amidine groups is 1. The van der Waals surface area contributed by atoms with E-state index in [1.54, 1.807) is 0 Å². The number of hydrogen-bond acceptors (Lipinski definition) is 5. The number of nitrogens with zero attached hydrogens (tertiary/aromatic N) is 3. The highest BCUT2D eigenvalue weighted by Gasteiger charge is 2.12. The molecule has 0 saturated carbocycles. The first kappa shape index (κ1) is 11.7. The molecule has 0 unspecified atom stereocenters. The molecule has 6 nitrogen and oxygen atoms in total. The van der Waals surface area contributed by atoms with Gasteiger partial charge < -0.3 is 5.73 Å². The molecule has 0 bridgehead atoms. The fourth-order valence-corrected chi connectivity index (χ4v) is 2.51. The van der Waals surface area contributed by atoms with Gasteiger partial charge in [-0.2, -0.15) is 5.10 Å². The third kappa shape index (κ3) is 2.27. The number of nitrogens with two attached hydrogens (primary N) is 1. The summed E-state index contributed by atoms with van der Waals surface area (Å²) in [7, 11) is 0. The van der Waals surface area contributed by atoms with Gasteiger partial charge in [-0.05, 0) is 23.9 Å². The molecule has 0 spiro atoms. The van der Waals surface area contributed by atoms with Crippen LogP contribution in [0.5, 0.6) is 0 Å². The molecular formula is C12H10N6S. The number of para-hydroxylation sites is 1. The van der Waals surface area contributed by atoms with Crippen molar-refractivity contribution in [2.45, 2.75) is 10.2 Å². The Labute approximate surface area is 113 Å². The van der Waals surface area contributed by atoms with Crippen LogP contribution in [0.4, 0.5) is 0 Å². The molecule has 2 aromatic heterocycles. The van der Waals surface area contributed by atoms with Crippen LogP contribution in [-0.4, -0.2) is 26.0 Å². The van der Waals surface area contributed by atoms with Gasteiger partial charge in [-0.3, -0.25) is 10.5 Å². The minimum atomic E-state index is -0.0136. The third-order valence-electron chi connectivity index (χ3n) is 2.57. The molecule has 94 valence electrons. The van der Waals surface area contributed by atoms with E-state index < -0.39 is 0 Å². The highest BCUT2D eigenvalue weighted by atomic mass is 32.2. The Kier molecular flexibility index (Phi) is 2.88. The maximum absolute atomic E-state index is 7.66. The zero-order valence-corrected chi connectivity index (χ0v) is 10.6. The van der Waals surface area contributed by atoms with Crippen LogP contribution in [0.1, 0.15) is 5.56 Å². The van der Waals surface area contributed by atoms with Crippen LogP contribution < -0.4 is 5.73 Å². The predicted molar refractivity (Wildman–Crippen MR) is 73.3 cm³/mol. The molecule has 19 heavy (non-hydrogen) atoms. The van der Waals surface area contributed by atoms with Crippen molar-refractivity contribution < 1.29 is 0 Å². The van der Waals surface area contributed by atoms with E-state index in [0.717, 1.165) is 10.9 Å². The number of fused-ring (bicyclic) bond motifs is 1.